The van der Waals surface area contributed by atoms with Gasteiger partial charge in [-0.3, -0.25) is 4.98 Å². The van der Waals surface area contributed by atoms with Crippen LogP contribution < -0.4 is 4.90 Å². The smallest absolute Gasteiger partial charge is 0.0438 e. The molecule has 0 fully saturated rings. The van der Waals surface area contributed by atoms with Gasteiger partial charge >= 0.3 is 0 Å². The van der Waals surface area contributed by atoms with E-state index in [-0.39, 0.29) is 0 Å². The third-order valence-corrected chi connectivity index (χ3v) is 4.50. The first kappa shape index (κ1) is 13.2. The average molecular weight is 266 g/mol. The molecule has 0 radical (unpaired) electrons. The minimum Gasteiger partial charge on any atom is -0.345 e. The van der Waals surface area contributed by atoms with E-state index in [0.717, 1.165) is 5.92 Å². The Hall–Kier alpha value is -1.83. The number of hydrogen-bond acceptors (Lipinski definition) is 2. The summed E-state index contributed by atoms with van der Waals surface area (Å²) < 4.78 is 0. The lowest BCUT2D eigenvalue weighted by atomic mass is 9.81. The van der Waals surface area contributed by atoms with Crippen molar-refractivity contribution in [1.82, 2.24) is 4.98 Å². The third-order valence-electron chi connectivity index (χ3n) is 4.50. The monoisotopic (exact) mass is 266 g/mol. The van der Waals surface area contributed by atoms with Gasteiger partial charge in [0.2, 0.25) is 0 Å². The minimum absolute atomic E-state index is 0.763. The molecule has 0 saturated carbocycles. The molecule has 0 aliphatic heterocycles. The van der Waals surface area contributed by atoms with Crippen LogP contribution in [0.1, 0.15) is 43.2 Å². The summed E-state index contributed by atoms with van der Waals surface area (Å²) >= 11 is 0. The maximum Gasteiger partial charge on any atom is 0.0438 e. The summed E-state index contributed by atoms with van der Waals surface area (Å²) in [7, 11) is 2.12. The lowest BCUT2D eigenvalue weighted by molar-refractivity contribution is 0.540. The minimum atomic E-state index is 0.763. The largest absolute Gasteiger partial charge is 0.345 e. The Kier molecular flexibility index (Phi) is 3.72. The number of aromatic nitrogens is 1. The van der Waals surface area contributed by atoms with Crippen molar-refractivity contribution in [2.75, 3.05) is 11.9 Å². The lowest BCUT2D eigenvalue weighted by Crippen LogP contribution is -2.13. The molecule has 3 rings (SSSR count). The van der Waals surface area contributed by atoms with E-state index in [9.17, 15) is 0 Å². The predicted molar refractivity (Wildman–Crippen MR) is 84.7 cm³/mol. The van der Waals surface area contributed by atoms with Crippen molar-refractivity contribution < 1.29 is 0 Å². The van der Waals surface area contributed by atoms with Crippen LogP contribution in [0, 0.1) is 0 Å². The fourth-order valence-corrected chi connectivity index (χ4v) is 3.25. The van der Waals surface area contributed by atoms with Crippen LogP contribution in [0.25, 0.3) is 0 Å². The molecule has 2 nitrogen and oxygen atoms in total. The summed E-state index contributed by atoms with van der Waals surface area (Å²) in [5, 5.41) is 0. The molecule has 1 aromatic carbocycles. The van der Waals surface area contributed by atoms with Crippen LogP contribution in [0.15, 0.2) is 42.7 Å². The van der Waals surface area contributed by atoms with Gasteiger partial charge in [0.25, 0.3) is 0 Å². The number of anilines is 2. The maximum atomic E-state index is 4.09. The van der Waals surface area contributed by atoms with Gasteiger partial charge in [0, 0.05) is 30.8 Å². The second-order valence-electron chi connectivity index (χ2n) is 5.64. The van der Waals surface area contributed by atoms with Gasteiger partial charge in [0.15, 0.2) is 0 Å². The van der Waals surface area contributed by atoms with Gasteiger partial charge in [-0.2, -0.15) is 0 Å². The average Bonchev–Trinajstić information content (AvgIpc) is 2.53. The molecule has 1 heterocycles. The van der Waals surface area contributed by atoms with E-state index >= 15 is 0 Å². The van der Waals surface area contributed by atoms with Crippen molar-refractivity contribution in [3.05, 3.63) is 53.9 Å². The van der Waals surface area contributed by atoms with E-state index in [2.05, 4.69) is 42.1 Å². The summed E-state index contributed by atoms with van der Waals surface area (Å²) in [6.45, 7) is 2.30. The summed E-state index contributed by atoms with van der Waals surface area (Å²) in [5.74, 6) is 0.763. The summed E-state index contributed by atoms with van der Waals surface area (Å²) in [6.07, 6.45) is 8.85. The topological polar surface area (TPSA) is 16.1 Å². The number of aryl methyl sites for hydroxylation is 1. The van der Waals surface area contributed by atoms with E-state index in [1.54, 1.807) is 11.1 Å². The zero-order valence-electron chi connectivity index (χ0n) is 12.3. The fraction of sp³-hybridized carbons (Fsp3) is 0.389. The van der Waals surface area contributed by atoms with Crippen LogP contribution in [-0.2, 0) is 6.42 Å². The Morgan fingerprint density at radius 1 is 1.15 bits per heavy atom. The third kappa shape index (κ3) is 2.43. The molecule has 0 bridgehead atoms. The molecule has 2 aromatic rings. The van der Waals surface area contributed by atoms with E-state index in [0.29, 0.717) is 0 Å². The lowest BCUT2D eigenvalue weighted by Gasteiger charge is -2.27. The van der Waals surface area contributed by atoms with Crippen LogP contribution in [0.4, 0.5) is 11.4 Å². The molecule has 1 aliphatic carbocycles. The van der Waals surface area contributed by atoms with Gasteiger partial charge in [0.05, 0.1) is 0 Å². The number of rotatable bonds is 3. The predicted octanol–water partition coefficient (Wildman–Crippen LogP) is 4.68. The molecule has 20 heavy (non-hydrogen) atoms. The van der Waals surface area contributed by atoms with Gasteiger partial charge in [-0.15, -0.1) is 0 Å². The highest BCUT2D eigenvalue weighted by atomic mass is 15.1. The first-order valence-corrected chi connectivity index (χ1v) is 7.56. The number of hydrogen-bond donors (Lipinski definition) is 0. The van der Waals surface area contributed by atoms with Gasteiger partial charge in [0.1, 0.15) is 0 Å². The highest BCUT2D eigenvalue weighted by molar-refractivity contribution is 5.63. The Balaban J connectivity index is 1.92. The molecule has 0 spiro atoms. The van der Waals surface area contributed by atoms with E-state index in [1.165, 1.54) is 37.1 Å². The number of nitrogens with zero attached hydrogens (tertiary/aromatic N) is 2. The molecule has 1 atom stereocenters. The van der Waals surface area contributed by atoms with Crippen molar-refractivity contribution >= 4 is 11.4 Å². The maximum absolute atomic E-state index is 4.09. The quantitative estimate of drug-likeness (QED) is 0.802. The van der Waals surface area contributed by atoms with E-state index in [1.807, 2.05) is 24.5 Å². The molecule has 0 N–H and O–H groups in total. The zero-order chi connectivity index (χ0) is 13.9. The SMILES string of the molecule is CC[C@@H]1CCCc2cc(N(C)c3ccncc3)ccc21. The Labute approximate surface area is 121 Å². The van der Waals surface area contributed by atoms with Crippen LogP contribution in [-0.4, -0.2) is 12.0 Å². The van der Waals surface area contributed by atoms with Gasteiger partial charge < -0.3 is 4.90 Å². The molecule has 2 heteroatoms. The fourth-order valence-electron chi connectivity index (χ4n) is 3.25. The number of fused-ring (bicyclic) bond motifs is 1. The van der Waals surface area contributed by atoms with E-state index < -0.39 is 0 Å². The standard InChI is InChI=1S/C18H22N2/c1-3-14-5-4-6-15-13-17(7-8-18(14)15)20(2)16-9-11-19-12-10-16/h7-14H,3-6H2,1-2H3/t14-/m1/s1. The molecule has 1 aromatic heterocycles. The second kappa shape index (κ2) is 5.66. The van der Waals surface area contributed by atoms with Crippen molar-refractivity contribution in [3.63, 3.8) is 0 Å². The number of benzene rings is 1. The van der Waals surface area contributed by atoms with Crippen LogP contribution in [0.5, 0.6) is 0 Å². The first-order chi connectivity index (χ1) is 9.79. The van der Waals surface area contributed by atoms with Crippen molar-refractivity contribution in [1.29, 1.82) is 0 Å². The second-order valence-corrected chi connectivity index (χ2v) is 5.64. The summed E-state index contributed by atoms with van der Waals surface area (Å²) in [5.41, 5.74) is 5.57. The Morgan fingerprint density at radius 2 is 1.95 bits per heavy atom. The van der Waals surface area contributed by atoms with E-state index in [4.69, 9.17) is 0 Å². The molecule has 0 amide bonds. The highest BCUT2D eigenvalue weighted by Gasteiger charge is 2.19. The zero-order valence-corrected chi connectivity index (χ0v) is 12.3. The Bertz CT molecular complexity index is 577. The van der Waals surface area contributed by atoms with Crippen molar-refractivity contribution in [3.8, 4) is 0 Å². The van der Waals surface area contributed by atoms with Crippen LogP contribution in [0.3, 0.4) is 0 Å². The Morgan fingerprint density at radius 3 is 2.70 bits per heavy atom. The van der Waals surface area contributed by atoms with Crippen LogP contribution >= 0.6 is 0 Å². The molecule has 0 unspecified atom stereocenters. The van der Waals surface area contributed by atoms with Gasteiger partial charge in [-0.25, -0.2) is 0 Å². The van der Waals surface area contributed by atoms with Crippen LogP contribution in [0.2, 0.25) is 0 Å². The molecule has 1 aliphatic rings. The first-order valence-electron chi connectivity index (χ1n) is 7.56. The molecule has 0 saturated heterocycles. The summed E-state index contributed by atoms with van der Waals surface area (Å²) in [4.78, 5) is 6.32. The summed E-state index contributed by atoms with van der Waals surface area (Å²) in [6, 6.07) is 11.1. The number of pyridine rings is 1. The van der Waals surface area contributed by atoms with Gasteiger partial charge in [-0.05, 0) is 67.0 Å². The molecule has 104 valence electrons. The van der Waals surface area contributed by atoms with Gasteiger partial charge in [-0.1, -0.05) is 13.0 Å². The van der Waals surface area contributed by atoms with Crippen molar-refractivity contribution in [2.24, 2.45) is 0 Å². The highest BCUT2D eigenvalue weighted by Crippen LogP contribution is 2.36. The normalized spacial score (nSPS) is 17.6. The molecular formula is C18H22N2. The molecular weight excluding hydrogens is 244 g/mol. The van der Waals surface area contributed by atoms with Crippen molar-refractivity contribution in [2.45, 2.75) is 38.5 Å².